The second kappa shape index (κ2) is 7.14. The average Bonchev–Trinajstić information content (AvgIpc) is 2.84. The number of anilines is 1. The van der Waals surface area contributed by atoms with Crippen molar-refractivity contribution in [2.75, 3.05) is 11.5 Å². The quantitative estimate of drug-likeness (QED) is 0.795. The maximum absolute atomic E-state index is 14.5. The molecule has 0 radical (unpaired) electrons. The molecule has 0 saturated heterocycles. The van der Waals surface area contributed by atoms with Crippen LogP contribution in [0.15, 0.2) is 35.5 Å². The number of aryl methyl sites for hydroxylation is 1. The van der Waals surface area contributed by atoms with Crippen molar-refractivity contribution in [3.8, 4) is 0 Å². The summed E-state index contributed by atoms with van der Waals surface area (Å²) in [7, 11) is 0. The molecule has 0 fully saturated rings. The molecule has 9 heteroatoms. The zero-order chi connectivity index (χ0) is 22.5. The number of Topliss-reactive ketones (excluding diaryl/α,β-unsaturated/α-hetero) is 1. The molecular formula is C21H23F3N2O4. The molecule has 0 saturated carbocycles. The Balaban J connectivity index is 2.28. The van der Waals surface area contributed by atoms with E-state index in [2.05, 4.69) is 4.74 Å². The van der Waals surface area contributed by atoms with Crippen molar-refractivity contribution in [3.63, 3.8) is 0 Å². The molecule has 1 heterocycles. The molecule has 1 aromatic carbocycles. The van der Waals surface area contributed by atoms with Crippen LogP contribution in [0.1, 0.15) is 39.2 Å². The summed E-state index contributed by atoms with van der Waals surface area (Å²) in [5.74, 6) is -2.26. The predicted molar refractivity (Wildman–Crippen MR) is 103 cm³/mol. The number of ether oxygens (including phenoxy) is 1. The van der Waals surface area contributed by atoms with E-state index in [-0.39, 0.29) is 30.8 Å². The highest BCUT2D eigenvalue weighted by molar-refractivity contribution is 6.20. The lowest BCUT2D eigenvalue weighted by molar-refractivity contribution is -0.186. The Morgan fingerprint density at radius 3 is 2.30 bits per heavy atom. The maximum atomic E-state index is 14.5. The minimum atomic E-state index is -5.26. The Kier molecular flexibility index (Phi) is 5.20. The van der Waals surface area contributed by atoms with Gasteiger partial charge in [0, 0.05) is 17.8 Å². The SMILES string of the molecule is CCOC(=O)N[C@@]1(C(F)(F)F)C(=O)N(c2ccc(C)cc2)C2=C1C(=O)CC(C)(C)C2. The number of amides is 2. The molecule has 2 aliphatic rings. The van der Waals surface area contributed by atoms with E-state index in [1.807, 2.05) is 0 Å². The molecule has 1 aromatic rings. The number of alkyl halides is 3. The van der Waals surface area contributed by atoms with Crippen molar-refractivity contribution in [1.82, 2.24) is 5.32 Å². The Bertz CT molecular complexity index is 935. The first-order valence-electron chi connectivity index (χ1n) is 9.54. The van der Waals surface area contributed by atoms with Gasteiger partial charge < -0.3 is 4.74 Å². The fourth-order valence-corrected chi connectivity index (χ4v) is 4.04. The van der Waals surface area contributed by atoms with Crippen molar-refractivity contribution in [3.05, 3.63) is 41.1 Å². The molecule has 3 rings (SSSR count). The van der Waals surface area contributed by atoms with E-state index in [4.69, 9.17) is 0 Å². The van der Waals surface area contributed by atoms with Gasteiger partial charge in [-0.15, -0.1) is 0 Å². The number of rotatable bonds is 3. The lowest BCUT2D eigenvalue weighted by Gasteiger charge is -2.35. The molecular weight excluding hydrogens is 401 g/mol. The monoisotopic (exact) mass is 424 g/mol. The van der Waals surface area contributed by atoms with Crippen LogP contribution in [-0.2, 0) is 14.3 Å². The highest BCUT2D eigenvalue weighted by atomic mass is 19.4. The molecule has 0 bridgehead atoms. The summed E-state index contributed by atoms with van der Waals surface area (Å²) in [6, 6.07) is 6.34. The van der Waals surface area contributed by atoms with Gasteiger partial charge in [-0.1, -0.05) is 31.5 Å². The van der Waals surface area contributed by atoms with Crippen molar-refractivity contribution < 1.29 is 32.3 Å². The number of alkyl carbamates (subject to hydrolysis) is 1. The van der Waals surface area contributed by atoms with Crippen LogP contribution in [0.3, 0.4) is 0 Å². The van der Waals surface area contributed by atoms with Crippen LogP contribution in [0.5, 0.6) is 0 Å². The number of nitrogens with zero attached hydrogens (tertiary/aromatic N) is 1. The van der Waals surface area contributed by atoms with Crippen LogP contribution in [-0.4, -0.2) is 36.1 Å². The summed E-state index contributed by atoms with van der Waals surface area (Å²) >= 11 is 0. The molecule has 0 spiro atoms. The molecule has 1 aliphatic heterocycles. The van der Waals surface area contributed by atoms with Gasteiger partial charge in [0.15, 0.2) is 5.78 Å². The van der Waals surface area contributed by atoms with Gasteiger partial charge in [0.25, 0.3) is 5.91 Å². The maximum Gasteiger partial charge on any atom is 0.425 e. The van der Waals surface area contributed by atoms with Crippen LogP contribution in [0, 0.1) is 12.3 Å². The van der Waals surface area contributed by atoms with Gasteiger partial charge in [-0.3, -0.25) is 19.8 Å². The number of allylic oxidation sites excluding steroid dienone is 1. The summed E-state index contributed by atoms with van der Waals surface area (Å²) < 4.78 is 48.0. The number of carbonyl (C=O) groups is 3. The zero-order valence-electron chi connectivity index (χ0n) is 17.1. The highest BCUT2D eigenvalue weighted by Gasteiger charge is 2.72. The molecule has 0 unspecified atom stereocenters. The number of hydrogen-bond acceptors (Lipinski definition) is 4. The zero-order valence-corrected chi connectivity index (χ0v) is 17.1. The lowest BCUT2D eigenvalue weighted by Crippen LogP contribution is -2.66. The molecule has 162 valence electrons. The Morgan fingerprint density at radius 2 is 1.77 bits per heavy atom. The largest absolute Gasteiger partial charge is 0.450 e. The van der Waals surface area contributed by atoms with E-state index in [9.17, 15) is 27.6 Å². The Hall–Kier alpha value is -2.84. The second-order valence-electron chi connectivity index (χ2n) is 8.33. The number of ketones is 1. The number of nitrogens with one attached hydrogen (secondary N) is 1. The number of benzene rings is 1. The van der Waals surface area contributed by atoms with Gasteiger partial charge in [0.05, 0.1) is 12.2 Å². The minimum absolute atomic E-state index is 0.0424. The average molecular weight is 424 g/mol. The predicted octanol–water partition coefficient (Wildman–Crippen LogP) is 4.03. The summed E-state index contributed by atoms with van der Waals surface area (Å²) in [6.07, 6.45) is -6.79. The first kappa shape index (κ1) is 21.9. The fourth-order valence-electron chi connectivity index (χ4n) is 4.04. The first-order chi connectivity index (χ1) is 13.8. The molecule has 6 nitrogen and oxygen atoms in total. The third-order valence-electron chi connectivity index (χ3n) is 5.30. The Labute approximate surface area is 172 Å². The first-order valence-corrected chi connectivity index (χ1v) is 9.54. The van der Waals surface area contributed by atoms with Gasteiger partial charge in [-0.2, -0.15) is 13.2 Å². The van der Waals surface area contributed by atoms with Crippen LogP contribution in [0.4, 0.5) is 23.7 Å². The van der Waals surface area contributed by atoms with Crippen molar-refractivity contribution in [2.24, 2.45) is 5.41 Å². The Morgan fingerprint density at radius 1 is 1.17 bits per heavy atom. The molecule has 0 aromatic heterocycles. The van der Waals surface area contributed by atoms with Gasteiger partial charge >= 0.3 is 12.3 Å². The van der Waals surface area contributed by atoms with E-state index in [0.717, 1.165) is 10.5 Å². The normalized spacial score (nSPS) is 23.5. The molecule has 30 heavy (non-hydrogen) atoms. The van der Waals surface area contributed by atoms with Crippen LogP contribution in [0.25, 0.3) is 0 Å². The van der Waals surface area contributed by atoms with Crippen LogP contribution in [0.2, 0.25) is 0 Å². The van der Waals surface area contributed by atoms with E-state index in [1.54, 1.807) is 38.2 Å². The van der Waals surface area contributed by atoms with E-state index in [1.165, 1.54) is 19.1 Å². The van der Waals surface area contributed by atoms with Gasteiger partial charge in [0.2, 0.25) is 5.54 Å². The summed E-state index contributed by atoms with van der Waals surface area (Å²) in [5.41, 5.74) is -3.86. The number of hydrogen-bond donors (Lipinski definition) is 1. The van der Waals surface area contributed by atoms with Crippen molar-refractivity contribution in [1.29, 1.82) is 0 Å². The molecule has 2 amide bonds. The van der Waals surface area contributed by atoms with E-state index in [0.29, 0.717) is 0 Å². The third-order valence-corrected chi connectivity index (χ3v) is 5.30. The lowest BCUT2D eigenvalue weighted by atomic mass is 9.72. The standard InChI is InChI=1S/C21H23F3N2O4/c1-5-30-18(29)25-20(21(22,23)24)16-14(10-19(3,4)11-15(16)27)26(17(20)28)13-8-6-12(2)7-9-13/h6-9H,5,10-11H2,1-4H3,(H,25,29)/t20-/m1/s1. The summed E-state index contributed by atoms with van der Waals surface area (Å²) in [5, 5.41) is 1.70. The highest BCUT2D eigenvalue weighted by Crippen LogP contribution is 2.52. The van der Waals surface area contributed by atoms with Gasteiger partial charge in [-0.05, 0) is 37.8 Å². The van der Waals surface area contributed by atoms with E-state index < -0.39 is 40.5 Å². The van der Waals surface area contributed by atoms with Gasteiger partial charge in [-0.25, -0.2) is 4.79 Å². The van der Waals surface area contributed by atoms with Crippen LogP contribution >= 0.6 is 0 Å². The molecule has 1 N–H and O–H groups in total. The second-order valence-corrected chi connectivity index (χ2v) is 8.33. The number of carbonyl (C=O) groups excluding carboxylic acids is 3. The van der Waals surface area contributed by atoms with Gasteiger partial charge in [0.1, 0.15) is 0 Å². The number of halogens is 3. The molecule has 1 aliphatic carbocycles. The minimum Gasteiger partial charge on any atom is -0.450 e. The fraction of sp³-hybridized carbons (Fsp3) is 0.476. The van der Waals surface area contributed by atoms with E-state index >= 15 is 0 Å². The smallest absolute Gasteiger partial charge is 0.425 e. The van der Waals surface area contributed by atoms with Crippen molar-refractivity contribution in [2.45, 2.75) is 52.3 Å². The summed E-state index contributed by atoms with van der Waals surface area (Å²) in [6.45, 7) is 6.53. The topological polar surface area (TPSA) is 75.7 Å². The summed E-state index contributed by atoms with van der Waals surface area (Å²) in [4.78, 5) is 39.3. The third kappa shape index (κ3) is 3.36. The van der Waals surface area contributed by atoms with Crippen LogP contribution < -0.4 is 10.2 Å². The van der Waals surface area contributed by atoms with Crippen molar-refractivity contribution >= 4 is 23.5 Å². The molecule has 1 atom stereocenters.